The molecule has 2 rings (SSSR count). The highest BCUT2D eigenvalue weighted by atomic mass is 16.6. The van der Waals surface area contributed by atoms with Crippen LogP contribution in [0.2, 0.25) is 0 Å². The first kappa shape index (κ1) is 20.0. The molecular weight excluding hydrogens is 328 g/mol. The van der Waals surface area contributed by atoms with Gasteiger partial charge in [-0.2, -0.15) is 0 Å². The molecule has 0 saturated carbocycles. The predicted molar refractivity (Wildman–Crippen MR) is 103 cm³/mol. The summed E-state index contributed by atoms with van der Waals surface area (Å²) in [6.07, 6.45) is 0.642. The van der Waals surface area contributed by atoms with Gasteiger partial charge >= 0.3 is 11.9 Å². The Morgan fingerprint density at radius 3 is 2.27 bits per heavy atom. The van der Waals surface area contributed by atoms with Gasteiger partial charge < -0.3 is 9.47 Å². The van der Waals surface area contributed by atoms with Crippen LogP contribution in [0.5, 0.6) is 0 Å². The van der Waals surface area contributed by atoms with Crippen LogP contribution in [0.1, 0.15) is 52.2 Å². The minimum absolute atomic E-state index is 0.377. The number of fused-ring (bicyclic) bond motifs is 1. The van der Waals surface area contributed by atoms with Crippen LogP contribution in [0.3, 0.4) is 0 Å². The zero-order valence-corrected chi connectivity index (χ0v) is 16.5. The average Bonchev–Trinajstić information content (AvgIpc) is 2.58. The van der Waals surface area contributed by atoms with E-state index in [2.05, 4.69) is 18.2 Å². The van der Waals surface area contributed by atoms with Gasteiger partial charge in [0.25, 0.3) is 0 Å². The van der Waals surface area contributed by atoms with E-state index in [1.807, 2.05) is 45.9 Å². The third-order valence-corrected chi connectivity index (χ3v) is 4.82. The molecule has 0 bridgehead atoms. The number of hydrogen-bond acceptors (Lipinski definition) is 4. The molecule has 0 amide bonds. The number of hydrogen-bond donors (Lipinski definition) is 0. The van der Waals surface area contributed by atoms with Crippen LogP contribution in [0.25, 0.3) is 10.8 Å². The molecule has 4 heteroatoms. The summed E-state index contributed by atoms with van der Waals surface area (Å²) in [4.78, 5) is 24.2. The van der Waals surface area contributed by atoms with Crippen LogP contribution in [-0.2, 0) is 24.7 Å². The smallest absolute Gasteiger partial charge is 0.345 e. The number of carbonyl (C=O) groups is 2. The molecule has 0 unspecified atom stereocenters. The summed E-state index contributed by atoms with van der Waals surface area (Å²) < 4.78 is 10.7. The molecule has 0 atom stereocenters. The van der Waals surface area contributed by atoms with E-state index in [9.17, 15) is 9.59 Å². The fourth-order valence-electron chi connectivity index (χ4n) is 2.58. The maximum atomic E-state index is 12.2. The van der Waals surface area contributed by atoms with E-state index >= 15 is 0 Å². The summed E-state index contributed by atoms with van der Waals surface area (Å²) >= 11 is 0. The second-order valence-electron chi connectivity index (χ2n) is 7.86. The van der Waals surface area contributed by atoms with Crippen LogP contribution >= 0.6 is 0 Å². The molecule has 0 spiro atoms. The van der Waals surface area contributed by atoms with Gasteiger partial charge in [-0.3, -0.25) is 4.79 Å². The molecule has 0 radical (unpaired) electrons. The van der Waals surface area contributed by atoms with Crippen molar-refractivity contribution in [2.24, 2.45) is 5.41 Å². The van der Waals surface area contributed by atoms with Crippen LogP contribution in [0, 0.1) is 12.3 Å². The third-order valence-electron chi connectivity index (χ3n) is 4.82. The number of ether oxygens (including phenoxy) is 2. The Labute approximate surface area is 155 Å². The Hall–Kier alpha value is -2.36. The zero-order valence-electron chi connectivity index (χ0n) is 16.5. The topological polar surface area (TPSA) is 52.6 Å². The second-order valence-corrected chi connectivity index (χ2v) is 7.86. The van der Waals surface area contributed by atoms with E-state index < -0.39 is 23.0 Å². The first-order valence-electron chi connectivity index (χ1n) is 8.95. The number of esters is 2. The largest absolute Gasteiger partial charge is 0.453 e. The van der Waals surface area contributed by atoms with Gasteiger partial charge in [-0.15, -0.1) is 0 Å². The fraction of sp³-hybridized carbons (Fsp3) is 0.455. The molecule has 0 aliphatic carbocycles. The van der Waals surface area contributed by atoms with Gasteiger partial charge in [-0.1, -0.05) is 42.8 Å². The van der Waals surface area contributed by atoms with Gasteiger partial charge in [0.05, 0.1) is 5.41 Å². The van der Waals surface area contributed by atoms with Crippen molar-refractivity contribution in [1.29, 1.82) is 0 Å². The van der Waals surface area contributed by atoms with Gasteiger partial charge in [-0.25, -0.2) is 4.79 Å². The summed E-state index contributed by atoms with van der Waals surface area (Å²) in [6, 6.07) is 12.2. The minimum atomic E-state index is -0.818. The third kappa shape index (κ3) is 4.63. The Kier molecular flexibility index (Phi) is 5.74. The number of benzene rings is 2. The highest BCUT2D eigenvalue weighted by molar-refractivity contribution is 5.84. The standard InChI is InChI=1S/C22H28O4/c1-7-21(3,4)20(24)25-14-19(23)26-22(5,6)18-11-10-16-9-8-15(2)12-17(16)13-18/h8-13H,7,14H2,1-6H3. The molecule has 0 saturated heterocycles. The predicted octanol–water partition coefficient (Wildman–Crippen LogP) is 4.91. The summed E-state index contributed by atoms with van der Waals surface area (Å²) in [6.45, 7) is 10.8. The lowest BCUT2D eigenvalue weighted by Crippen LogP contribution is -2.31. The van der Waals surface area contributed by atoms with Crippen LogP contribution < -0.4 is 0 Å². The normalized spacial score (nSPS) is 12.1. The Morgan fingerprint density at radius 1 is 0.962 bits per heavy atom. The minimum Gasteiger partial charge on any atom is -0.453 e. The van der Waals surface area contributed by atoms with Crippen molar-refractivity contribution in [2.45, 2.75) is 53.6 Å². The highest BCUT2D eigenvalue weighted by Crippen LogP contribution is 2.29. The van der Waals surface area contributed by atoms with Gasteiger partial charge in [0, 0.05) is 0 Å². The van der Waals surface area contributed by atoms with Gasteiger partial charge in [0.2, 0.25) is 0 Å². The molecule has 4 nitrogen and oxygen atoms in total. The molecule has 0 fully saturated rings. The van der Waals surface area contributed by atoms with Crippen molar-refractivity contribution in [2.75, 3.05) is 6.61 Å². The van der Waals surface area contributed by atoms with E-state index in [0.29, 0.717) is 6.42 Å². The molecule has 2 aromatic carbocycles. The summed E-state index contributed by atoms with van der Waals surface area (Å²) in [7, 11) is 0. The molecular formula is C22H28O4. The van der Waals surface area contributed by atoms with Gasteiger partial charge in [0.15, 0.2) is 6.61 Å². The molecule has 0 heterocycles. The SMILES string of the molecule is CCC(C)(C)C(=O)OCC(=O)OC(C)(C)c1ccc2ccc(C)cc2c1. The quantitative estimate of drug-likeness (QED) is 0.690. The lowest BCUT2D eigenvalue weighted by Gasteiger charge is -2.26. The highest BCUT2D eigenvalue weighted by Gasteiger charge is 2.30. The van der Waals surface area contributed by atoms with Gasteiger partial charge in [-0.05, 0) is 63.4 Å². The molecule has 26 heavy (non-hydrogen) atoms. The van der Waals surface area contributed by atoms with Crippen LogP contribution in [0.4, 0.5) is 0 Å². The van der Waals surface area contributed by atoms with Crippen molar-refractivity contribution in [3.8, 4) is 0 Å². The maximum absolute atomic E-state index is 12.2. The van der Waals surface area contributed by atoms with Crippen molar-refractivity contribution in [3.63, 3.8) is 0 Å². The van der Waals surface area contributed by atoms with E-state index in [-0.39, 0.29) is 6.61 Å². The Bertz CT molecular complexity index is 818. The van der Waals surface area contributed by atoms with Gasteiger partial charge in [0.1, 0.15) is 5.60 Å². The molecule has 140 valence electrons. The number of aryl methyl sites for hydroxylation is 1. The van der Waals surface area contributed by atoms with Crippen LogP contribution in [-0.4, -0.2) is 18.5 Å². The summed E-state index contributed by atoms with van der Waals surface area (Å²) in [5.74, 6) is -0.949. The van der Waals surface area contributed by atoms with Crippen molar-refractivity contribution in [1.82, 2.24) is 0 Å². The van der Waals surface area contributed by atoms with Crippen molar-refractivity contribution >= 4 is 22.7 Å². The maximum Gasteiger partial charge on any atom is 0.345 e. The monoisotopic (exact) mass is 356 g/mol. The fourth-order valence-corrected chi connectivity index (χ4v) is 2.58. The van der Waals surface area contributed by atoms with Crippen LogP contribution in [0.15, 0.2) is 36.4 Å². The van der Waals surface area contributed by atoms with E-state index in [1.54, 1.807) is 13.8 Å². The van der Waals surface area contributed by atoms with E-state index in [0.717, 1.165) is 16.3 Å². The lowest BCUT2D eigenvalue weighted by atomic mass is 9.91. The lowest BCUT2D eigenvalue weighted by molar-refractivity contribution is -0.172. The average molecular weight is 356 g/mol. The van der Waals surface area contributed by atoms with E-state index in [1.165, 1.54) is 5.56 Å². The van der Waals surface area contributed by atoms with Crippen molar-refractivity contribution < 1.29 is 19.1 Å². The number of rotatable bonds is 6. The summed E-state index contributed by atoms with van der Waals surface area (Å²) in [5.41, 5.74) is 0.646. The zero-order chi connectivity index (χ0) is 19.5. The molecule has 2 aromatic rings. The number of carbonyl (C=O) groups excluding carboxylic acids is 2. The Balaban J connectivity index is 2.08. The van der Waals surface area contributed by atoms with E-state index in [4.69, 9.17) is 9.47 Å². The first-order chi connectivity index (χ1) is 12.0. The molecule has 0 aliphatic heterocycles. The molecule has 0 N–H and O–H groups in total. The summed E-state index contributed by atoms with van der Waals surface area (Å²) in [5, 5.41) is 2.24. The first-order valence-corrected chi connectivity index (χ1v) is 8.95. The second kappa shape index (κ2) is 7.48. The Morgan fingerprint density at radius 2 is 1.62 bits per heavy atom. The molecule has 0 aromatic heterocycles. The van der Waals surface area contributed by atoms with Crippen molar-refractivity contribution in [3.05, 3.63) is 47.5 Å². The molecule has 0 aliphatic rings.